The summed E-state index contributed by atoms with van der Waals surface area (Å²) in [5, 5.41) is 9.92. The average molecular weight is 353 g/mol. The molecular weight excluding hydrogens is 330 g/mol. The van der Waals surface area contributed by atoms with Crippen molar-refractivity contribution in [2.75, 3.05) is 13.1 Å². The SMILES string of the molecule is CC[C@@H]1CN(C(=O)c2ncccc2O)CCC(=O)N1Cc1ccccc1. The Hall–Kier alpha value is -2.89. The van der Waals surface area contributed by atoms with Crippen LogP contribution in [0, 0.1) is 0 Å². The van der Waals surface area contributed by atoms with Gasteiger partial charge in [-0.3, -0.25) is 9.59 Å². The van der Waals surface area contributed by atoms with Crippen molar-refractivity contribution in [2.45, 2.75) is 32.4 Å². The van der Waals surface area contributed by atoms with Crippen molar-refractivity contribution >= 4 is 11.8 Å². The van der Waals surface area contributed by atoms with E-state index in [1.807, 2.05) is 42.2 Å². The molecule has 1 aromatic carbocycles. The molecule has 2 amide bonds. The number of rotatable bonds is 4. The van der Waals surface area contributed by atoms with Gasteiger partial charge in [-0.1, -0.05) is 37.3 Å². The third-order valence-corrected chi connectivity index (χ3v) is 4.73. The van der Waals surface area contributed by atoms with Crippen LogP contribution in [-0.4, -0.2) is 50.8 Å². The maximum Gasteiger partial charge on any atom is 0.276 e. The zero-order valence-electron chi connectivity index (χ0n) is 14.8. The van der Waals surface area contributed by atoms with Crippen LogP contribution in [0.15, 0.2) is 48.7 Å². The summed E-state index contributed by atoms with van der Waals surface area (Å²) in [6.07, 6.45) is 2.49. The van der Waals surface area contributed by atoms with Crippen LogP contribution in [0.3, 0.4) is 0 Å². The lowest BCUT2D eigenvalue weighted by molar-refractivity contribution is -0.133. The highest BCUT2D eigenvalue weighted by atomic mass is 16.3. The Morgan fingerprint density at radius 2 is 2.00 bits per heavy atom. The molecule has 26 heavy (non-hydrogen) atoms. The Morgan fingerprint density at radius 3 is 2.69 bits per heavy atom. The van der Waals surface area contributed by atoms with Gasteiger partial charge in [0.25, 0.3) is 5.91 Å². The number of carbonyl (C=O) groups excluding carboxylic acids is 2. The first-order chi connectivity index (χ1) is 12.6. The fourth-order valence-electron chi connectivity index (χ4n) is 3.26. The molecule has 2 heterocycles. The van der Waals surface area contributed by atoms with Crippen LogP contribution in [0.4, 0.5) is 0 Å². The van der Waals surface area contributed by atoms with E-state index in [9.17, 15) is 14.7 Å². The number of aromatic hydroxyl groups is 1. The first-order valence-electron chi connectivity index (χ1n) is 8.86. The second-order valence-electron chi connectivity index (χ2n) is 6.44. The summed E-state index contributed by atoms with van der Waals surface area (Å²) >= 11 is 0. The number of pyridine rings is 1. The molecule has 0 bridgehead atoms. The first kappa shape index (κ1) is 17.9. The lowest BCUT2D eigenvalue weighted by atomic mass is 10.1. The summed E-state index contributed by atoms with van der Waals surface area (Å²) in [6, 6.07) is 12.8. The van der Waals surface area contributed by atoms with Gasteiger partial charge in [0.05, 0.1) is 0 Å². The van der Waals surface area contributed by atoms with Crippen molar-refractivity contribution < 1.29 is 14.7 Å². The largest absolute Gasteiger partial charge is 0.505 e. The van der Waals surface area contributed by atoms with Crippen LogP contribution >= 0.6 is 0 Å². The number of hydrogen-bond acceptors (Lipinski definition) is 4. The normalized spacial score (nSPS) is 17.9. The quantitative estimate of drug-likeness (QED) is 0.916. The van der Waals surface area contributed by atoms with Gasteiger partial charge < -0.3 is 14.9 Å². The molecule has 6 nitrogen and oxygen atoms in total. The van der Waals surface area contributed by atoms with Crippen molar-refractivity contribution in [1.82, 2.24) is 14.8 Å². The Kier molecular flexibility index (Phi) is 5.51. The van der Waals surface area contributed by atoms with E-state index < -0.39 is 0 Å². The number of carbonyl (C=O) groups is 2. The maximum absolute atomic E-state index is 12.8. The molecule has 1 aliphatic rings. The summed E-state index contributed by atoms with van der Waals surface area (Å²) in [5.74, 6) is -0.431. The highest BCUT2D eigenvalue weighted by Gasteiger charge is 2.32. The molecule has 136 valence electrons. The molecule has 0 aliphatic carbocycles. The Balaban J connectivity index is 1.80. The van der Waals surface area contributed by atoms with Crippen LogP contribution in [0.25, 0.3) is 0 Å². The van der Waals surface area contributed by atoms with E-state index in [0.29, 0.717) is 19.6 Å². The standard InChI is InChI=1S/C20H23N3O3/c1-2-16-14-22(20(26)19-17(24)9-6-11-21-19)12-10-18(25)23(16)13-15-7-4-3-5-8-15/h3-9,11,16,24H,2,10,12-14H2,1H3/t16-/m1/s1. The van der Waals surface area contributed by atoms with Crippen LogP contribution in [0.2, 0.25) is 0 Å². The number of aromatic nitrogens is 1. The molecule has 1 atom stereocenters. The second kappa shape index (κ2) is 7.99. The van der Waals surface area contributed by atoms with Gasteiger partial charge in [-0.05, 0) is 24.1 Å². The van der Waals surface area contributed by atoms with Gasteiger partial charge in [0.1, 0.15) is 5.75 Å². The molecule has 3 rings (SSSR count). The Labute approximate surface area is 153 Å². The predicted molar refractivity (Wildman–Crippen MR) is 97.5 cm³/mol. The van der Waals surface area contributed by atoms with E-state index >= 15 is 0 Å². The van der Waals surface area contributed by atoms with Crippen molar-refractivity contribution in [2.24, 2.45) is 0 Å². The monoisotopic (exact) mass is 353 g/mol. The first-order valence-corrected chi connectivity index (χ1v) is 8.86. The van der Waals surface area contributed by atoms with Gasteiger partial charge in [0.15, 0.2) is 5.69 Å². The summed E-state index contributed by atoms with van der Waals surface area (Å²) < 4.78 is 0. The third-order valence-electron chi connectivity index (χ3n) is 4.73. The number of nitrogens with zero attached hydrogens (tertiary/aromatic N) is 3. The summed E-state index contributed by atoms with van der Waals surface area (Å²) in [7, 11) is 0. The molecule has 1 saturated heterocycles. The highest BCUT2D eigenvalue weighted by Crippen LogP contribution is 2.21. The molecule has 6 heteroatoms. The van der Waals surface area contributed by atoms with Gasteiger partial charge in [-0.2, -0.15) is 0 Å². The number of hydrogen-bond donors (Lipinski definition) is 1. The molecular formula is C20H23N3O3. The minimum Gasteiger partial charge on any atom is -0.505 e. The molecule has 0 saturated carbocycles. The van der Waals surface area contributed by atoms with Gasteiger partial charge in [0.2, 0.25) is 5.91 Å². The van der Waals surface area contributed by atoms with E-state index in [1.54, 1.807) is 11.0 Å². The maximum atomic E-state index is 12.8. The van der Waals surface area contributed by atoms with Crippen LogP contribution in [0.1, 0.15) is 35.8 Å². The Bertz CT molecular complexity index is 779. The Morgan fingerprint density at radius 1 is 1.23 bits per heavy atom. The van der Waals surface area contributed by atoms with Crippen LogP contribution in [-0.2, 0) is 11.3 Å². The van der Waals surface area contributed by atoms with Crippen LogP contribution < -0.4 is 0 Å². The fraction of sp³-hybridized carbons (Fsp3) is 0.350. The van der Waals surface area contributed by atoms with Gasteiger partial charge >= 0.3 is 0 Å². The van der Waals surface area contributed by atoms with Crippen molar-refractivity contribution in [3.05, 3.63) is 59.9 Å². The van der Waals surface area contributed by atoms with E-state index in [2.05, 4.69) is 4.98 Å². The molecule has 0 spiro atoms. The average Bonchev–Trinajstić information content (AvgIpc) is 2.82. The molecule has 1 N–H and O–H groups in total. The molecule has 0 unspecified atom stereocenters. The zero-order chi connectivity index (χ0) is 18.5. The molecule has 1 aliphatic heterocycles. The predicted octanol–water partition coefficient (Wildman–Crippen LogP) is 2.44. The van der Waals surface area contributed by atoms with Crippen molar-refractivity contribution in [3.8, 4) is 5.75 Å². The van der Waals surface area contributed by atoms with Gasteiger partial charge in [-0.15, -0.1) is 0 Å². The molecule has 0 radical (unpaired) electrons. The van der Waals surface area contributed by atoms with E-state index in [1.165, 1.54) is 12.3 Å². The summed E-state index contributed by atoms with van der Waals surface area (Å²) in [5.41, 5.74) is 1.10. The third kappa shape index (κ3) is 3.85. The zero-order valence-corrected chi connectivity index (χ0v) is 14.8. The van der Waals surface area contributed by atoms with Gasteiger partial charge in [-0.25, -0.2) is 4.98 Å². The summed E-state index contributed by atoms with van der Waals surface area (Å²) in [4.78, 5) is 32.9. The lowest BCUT2D eigenvalue weighted by Gasteiger charge is -2.31. The smallest absolute Gasteiger partial charge is 0.276 e. The summed E-state index contributed by atoms with van der Waals surface area (Å²) in [6.45, 7) is 3.32. The molecule has 2 aromatic rings. The topological polar surface area (TPSA) is 73.7 Å². The van der Waals surface area contributed by atoms with Crippen LogP contribution in [0.5, 0.6) is 5.75 Å². The minimum atomic E-state index is -0.337. The second-order valence-corrected chi connectivity index (χ2v) is 6.44. The molecule has 1 fully saturated rings. The number of amides is 2. The van der Waals surface area contributed by atoms with E-state index in [-0.39, 0.29) is 35.7 Å². The van der Waals surface area contributed by atoms with E-state index in [4.69, 9.17) is 0 Å². The minimum absolute atomic E-state index is 0.0336. The molecule has 1 aromatic heterocycles. The van der Waals surface area contributed by atoms with Gasteiger partial charge in [0, 0.05) is 38.3 Å². The fourth-order valence-corrected chi connectivity index (χ4v) is 3.26. The van der Waals surface area contributed by atoms with E-state index in [0.717, 1.165) is 12.0 Å². The number of benzene rings is 1. The lowest BCUT2D eigenvalue weighted by Crippen LogP contribution is -2.43. The highest BCUT2D eigenvalue weighted by molar-refractivity contribution is 5.95. The van der Waals surface area contributed by atoms with Crippen molar-refractivity contribution in [3.63, 3.8) is 0 Å². The van der Waals surface area contributed by atoms with Crippen molar-refractivity contribution in [1.29, 1.82) is 0 Å².